The number of ether oxygens (including phenoxy) is 2. The Balaban J connectivity index is 2.90. The summed E-state index contributed by atoms with van der Waals surface area (Å²) in [6.45, 7) is 6.14. The molecule has 0 saturated heterocycles. The van der Waals surface area contributed by atoms with E-state index in [0.717, 1.165) is 0 Å². The third-order valence-corrected chi connectivity index (χ3v) is 3.04. The van der Waals surface area contributed by atoms with E-state index in [1.165, 1.54) is 13.2 Å². The number of carbonyl (C=O) groups is 2. The van der Waals surface area contributed by atoms with Crippen LogP contribution in [-0.4, -0.2) is 36.7 Å². The van der Waals surface area contributed by atoms with E-state index in [0.29, 0.717) is 30.1 Å². The molecule has 0 aliphatic carbocycles. The number of carboxylic acid groups (broad SMARTS) is 1. The van der Waals surface area contributed by atoms with Gasteiger partial charge >= 0.3 is 5.97 Å². The standard InChI is InChI=1S/C16H23NO5/c1-5-22-13-7-6-11(9-14(13)21-4)15(18)17-12(16(19)20)8-10(2)3/h6-7,9-10,12H,5,8H2,1-4H3,(H,17,18)(H,19,20)/t12-/m1/s1. The molecule has 1 amide bonds. The van der Waals surface area contributed by atoms with Crippen molar-refractivity contribution in [1.29, 1.82) is 0 Å². The van der Waals surface area contributed by atoms with Gasteiger partial charge in [0.05, 0.1) is 13.7 Å². The van der Waals surface area contributed by atoms with E-state index >= 15 is 0 Å². The Morgan fingerprint density at radius 2 is 1.95 bits per heavy atom. The highest BCUT2D eigenvalue weighted by atomic mass is 16.5. The molecule has 0 spiro atoms. The summed E-state index contributed by atoms with van der Waals surface area (Å²) in [5.41, 5.74) is 0.329. The van der Waals surface area contributed by atoms with Crippen molar-refractivity contribution in [3.8, 4) is 11.5 Å². The molecule has 22 heavy (non-hydrogen) atoms. The zero-order valence-electron chi connectivity index (χ0n) is 13.4. The molecule has 1 aromatic rings. The summed E-state index contributed by atoms with van der Waals surface area (Å²) in [6.07, 6.45) is 0.370. The molecule has 6 nitrogen and oxygen atoms in total. The van der Waals surface area contributed by atoms with Gasteiger partial charge in [0.15, 0.2) is 11.5 Å². The second-order valence-corrected chi connectivity index (χ2v) is 5.29. The number of carboxylic acids is 1. The van der Waals surface area contributed by atoms with E-state index in [1.54, 1.807) is 12.1 Å². The average Bonchev–Trinajstić information content (AvgIpc) is 2.46. The zero-order valence-corrected chi connectivity index (χ0v) is 13.4. The lowest BCUT2D eigenvalue weighted by atomic mass is 10.0. The molecule has 0 aliphatic rings. The van der Waals surface area contributed by atoms with Crippen LogP contribution in [0.25, 0.3) is 0 Å². The molecule has 122 valence electrons. The van der Waals surface area contributed by atoms with Crippen molar-refractivity contribution in [3.63, 3.8) is 0 Å². The Labute approximate surface area is 130 Å². The Kier molecular flexibility index (Phi) is 6.69. The fourth-order valence-electron chi connectivity index (χ4n) is 2.02. The molecule has 0 saturated carbocycles. The Morgan fingerprint density at radius 3 is 2.45 bits per heavy atom. The Bertz CT molecular complexity index is 527. The van der Waals surface area contributed by atoms with E-state index < -0.39 is 17.9 Å². The fraction of sp³-hybridized carbons (Fsp3) is 0.500. The third kappa shape index (κ3) is 4.95. The summed E-state index contributed by atoms with van der Waals surface area (Å²) < 4.78 is 10.6. The number of hydrogen-bond acceptors (Lipinski definition) is 4. The van der Waals surface area contributed by atoms with Gasteiger partial charge in [-0.05, 0) is 37.5 Å². The van der Waals surface area contributed by atoms with Gasteiger partial charge in [-0.25, -0.2) is 4.79 Å². The van der Waals surface area contributed by atoms with Crippen LogP contribution in [0.4, 0.5) is 0 Å². The number of methoxy groups -OCH3 is 1. The SMILES string of the molecule is CCOc1ccc(C(=O)N[C@H](CC(C)C)C(=O)O)cc1OC. The molecule has 0 aliphatic heterocycles. The molecule has 6 heteroatoms. The van der Waals surface area contributed by atoms with E-state index in [9.17, 15) is 14.7 Å². The van der Waals surface area contributed by atoms with Gasteiger partial charge in [0, 0.05) is 5.56 Å². The average molecular weight is 309 g/mol. The minimum absolute atomic E-state index is 0.163. The van der Waals surface area contributed by atoms with Crippen molar-refractivity contribution in [2.24, 2.45) is 5.92 Å². The Morgan fingerprint density at radius 1 is 1.27 bits per heavy atom. The maximum absolute atomic E-state index is 12.2. The second kappa shape index (κ2) is 8.26. The molecule has 0 unspecified atom stereocenters. The zero-order chi connectivity index (χ0) is 16.7. The number of rotatable bonds is 8. The van der Waals surface area contributed by atoms with Crippen LogP contribution in [0.15, 0.2) is 18.2 Å². The number of nitrogens with one attached hydrogen (secondary N) is 1. The van der Waals surface area contributed by atoms with Gasteiger partial charge in [0.2, 0.25) is 0 Å². The fourth-order valence-corrected chi connectivity index (χ4v) is 2.02. The topological polar surface area (TPSA) is 84.9 Å². The smallest absolute Gasteiger partial charge is 0.326 e. The van der Waals surface area contributed by atoms with E-state index in [1.807, 2.05) is 20.8 Å². The van der Waals surface area contributed by atoms with Crippen molar-refractivity contribution in [1.82, 2.24) is 5.32 Å². The molecule has 0 fully saturated rings. The predicted octanol–water partition coefficient (Wildman–Crippen LogP) is 2.32. The van der Waals surface area contributed by atoms with Gasteiger partial charge in [-0.3, -0.25) is 4.79 Å². The maximum Gasteiger partial charge on any atom is 0.326 e. The van der Waals surface area contributed by atoms with Gasteiger partial charge < -0.3 is 19.9 Å². The number of benzene rings is 1. The lowest BCUT2D eigenvalue weighted by Crippen LogP contribution is -2.41. The van der Waals surface area contributed by atoms with Crippen LogP contribution < -0.4 is 14.8 Å². The van der Waals surface area contributed by atoms with Gasteiger partial charge in [-0.2, -0.15) is 0 Å². The predicted molar refractivity (Wildman–Crippen MR) is 82.5 cm³/mol. The van der Waals surface area contributed by atoms with Gasteiger partial charge in [-0.15, -0.1) is 0 Å². The first-order chi connectivity index (χ1) is 10.4. The highest BCUT2D eigenvalue weighted by molar-refractivity contribution is 5.97. The molecule has 2 N–H and O–H groups in total. The molecule has 1 atom stereocenters. The minimum atomic E-state index is -1.04. The first-order valence-corrected chi connectivity index (χ1v) is 7.23. The summed E-state index contributed by atoms with van der Waals surface area (Å²) in [4.78, 5) is 23.4. The molecular formula is C16H23NO5. The van der Waals surface area contributed by atoms with Crippen LogP contribution in [0, 0.1) is 5.92 Å². The lowest BCUT2D eigenvalue weighted by Gasteiger charge is -2.17. The van der Waals surface area contributed by atoms with Crippen molar-refractivity contribution in [2.45, 2.75) is 33.2 Å². The summed E-state index contributed by atoms with van der Waals surface area (Å²) in [5.74, 6) is -0.352. The Hall–Kier alpha value is -2.24. The summed E-state index contributed by atoms with van der Waals surface area (Å²) in [6, 6.07) is 3.84. The van der Waals surface area contributed by atoms with Crippen molar-refractivity contribution in [2.75, 3.05) is 13.7 Å². The molecule has 0 radical (unpaired) electrons. The maximum atomic E-state index is 12.2. The second-order valence-electron chi connectivity index (χ2n) is 5.29. The van der Waals surface area contributed by atoms with Crippen LogP contribution in [0.3, 0.4) is 0 Å². The van der Waals surface area contributed by atoms with Gasteiger partial charge in [-0.1, -0.05) is 13.8 Å². The van der Waals surface area contributed by atoms with E-state index in [4.69, 9.17) is 9.47 Å². The third-order valence-electron chi connectivity index (χ3n) is 3.04. The van der Waals surface area contributed by atoms with Crippen LogP contribution in [0.5, 0.6) is 11.5 Å². The van der Waals surface area contributed by atoms with Crippen molar-refractivity contribution < 1.29 is 24.2 Å². The molecule has 1 rings (SSSR count). The highest BCUT2D eigenvalue weighted by Gasteiger charge is 2.22. The largest absolute Gasteiger partial charge is 0.493 e. The molecular weight excluding hydrogens is 286 g/mol. The van der Waals surface area contributed by atoms with Gasteiger partial charge in [0.25, 0.3) is 5.91 Å². The van der Waals surface area contributed by atoms with Crippen molar-refractivity contribution >= 4 is 11.9 Å². The molecule has 1 aromatic carbocycles. The summed E-state index contributed by atoms with van der Waals surface area (Å²) >= 11 is 0. The highest BCUT2D eigenvalue weighted by Crippen LogP contribution is 2.28. The quantitative estimate of drug-likeness (QED) is 0.770. The number of hydrogen-bond donors (Lipinski definition) is 2. The van der Waals surface area contributed by atoms with E-state index in [-0.39, 0.29) is 5.92 Å². The number of amides is 1. The number of aliphatic carboxylic acids is 1. The van der Waals surface area contributed by atoms with Crippen molar-refractivity contribution in [3.05, 3.63) is 23.8 Å². The van der Waals surface area contributed by atoms with Crippen LogP contribution in [0.2, 0.25) is 0 Å². The lowest BCUT2D eigenvalue weighted by molar-refractivity contribution is -0.139. The monoisotopic (exact) mass is 309 g/mol. The number of carbonyl (C=O) groups excluding carboxylic acids is 1. The summed E-state index contributed by atoms with van der Waals surface area (Å²) in [5, 5.41) is 11.7. The molecule has 0 bridgehead atoms. The normalized spacial score (nSPS) is 11.9. The van der Waals surface area contributed by atoms with E-state index in [2.05, 4.69) is 5.32 Å². The first-order valence-electron chi connectivity index (χ1n) is 7.23. The van der Waals surface area contributed by atoms with Gasteiger partial charge in [0.1, 0.15) is 6.04 Å². The molecule has 0 heterocycles. The minimum Gasteiger partial charge on any atom is -0.493 e. The van der Waals surface area contributed by atoms with Crippen LogP contribution in [-0.2, 0) is 4.79 Å². The van der Waals surface area contributed by atoms with Crippen LogP contribution >= 0.6 is 0 Å². The summed E-state index contributed by atoms with van der Waals surface area (Å²) in [7, 11) is 1.48. The first kappa shape index (κ1) is 17.8. The van der Waals surface area contributed by atoms with Crippen LogP contribution in [0.1, 0.15) is 37.6 Å². The molecule has 0 aromatic heterocycles.